The Morgan fingerprint density at radius 2 is 1.76 bits per heavy atom. The lowest BCUT2D eigenvalue weighted by molar-refractivity contribution is -0.144. The smallest absolute Gasteiger partial charge is 0.344 e. The van der Waals surface area contributed by atoms with Crippen molar-refractivity contribution in [3.8, 4) is 17.2 Å². The van der Waals surface area contributed by atoms with Gasteiger partial charge in [0, 0.05) is 5.02 Å². The molecule has 6 nitrogen and oxygen atoms in total. The summed E-state index contributed by atoms with van der Waals surface area (Å²) >= 11 is 5.82. The molecule has 0 aromatic heterocycles. The van der Waals surface area contributed by atoms with Gasteiger partial charge in [-0.2, -0.15) is 0 Å². The van der Waals surface area contributed by atoms with Gasteiger partial charge >= 0.3 is 5.97 Å². The summed E-state index contributed by atoms with van der Waals surface area (Å²) in [6, 6.07) is 11.4. The van der Waals surface area contributed by atoms with Crippen molar-refractivity contribution in [2.75, 3.05) is 27.4 Å². The Hall–Kier alpha value is -2.73. The lowest BCUT2D eigenvalue weighted by atomic mass is 10.1. The molecule has 0 fully saturated rings. The lowest BCUT2D eigenvalue weighted by Gasteiger charge is -2.10. The highest BCUT2D eigenvalue weighted by atomic mass is 35.5. The fourth-order valence-electron chi connectivity index (χ4n) is 2.00. The first-order chi connectivity index (χ1) is 12.0. The van der Waals surface area contributed by atoms with Crippen molar-refractivity contribution in [3.05, 3.63) is 53.1 Å². The Balaban J connectivity index is 1.90. The van der Waals surface area contributed by atoms with Crippen molar-refractivity contribution >= 4 is 23.4 Å². The Labute approximate surface area is 150 Å². The van der Waals surface area contributed by atoms with E-state index >= 15 is 0 Å². The molecular weight excluding hydrogens is 348 g/mol. The van der Waals surface area contributed by atoms with Gasteiger partial charge in [-0.25, -0.2) is 4.79 Å². The van der Waals surface area contributed by atoms with Gasteiger partial charge in [0.2, 0.25) is 5.78 Å². The Morgan fingerprint density at radius 1 is 0.960 bits per heavy atom. The molecule has 25 heavy (non-hydrogen) atoms. The summed E-state index contributed by atoms with van der Waals surface area (Å²) < 4.78 is 20.4. The van der Waals surface area contributed by atoms with E-state index in [0.29, 0.717) is 22.3 Å². The fourth-order valence-corrected chi connectivity index (χ4v) is 2.18. The number of Topliss-reactive ketones (excluding diaryl/α,β-unsaturated/α-hetero) is 1. The maximum atomic E-state index is 12.2. The minimum absolute atomic E-state index is 0.269. The van der Waals surface area contributed by atoms with E-state index in [-0.39, 0.29) is 12.2 Å². The van der Waals surface area contributed by atoms with Crippen LogP contribution >= 0.6 is 11.6 Å². The van der Waals surface area contributed by atoms with Crippen LogP contribution in [0.15, 0.2) is 42.5 Å². The van der Waals surface area contributed by atoms with E-state index in [0.717, 1.165) is 0 Å². The highest BCUT2D eigenvalue weighted by molar-refractivity contribution is 6.30. The second-order valence-corrected chi connectivity index (χ2v) is 5.33. The van der Waals surface area contributed by atoms with Crippen LogP contribution in [0.2, 0.25) is 5.02 Å². The molecular formula is C18H17ClO6. The van der Waals surface area contributed by atoms with E-state index in [1.807, 2.05) is 0 Å². The molecule has 0 aliphatic heterocycles. The molecule has 0 unspecified atom stereocenters. The molecule has 0 aliphatic rings. The van der Waals surface area contributed by atoms with Crippen molar-refractivity contribution in [2.24, 2.45) is 0 Å². The molecule has 2 aromatic rings. The number of hydrogen-bond donors (Lipinski definition) is 0. The van der Waals surface area contributed by atoms with Gasteiger partial charge < -0.3 is 18.9 Å². The number of hydrogen-bond acceptors (Lipinski definition) is 6. The maximum Gasteiger partial charge on any atom is 0.344 e. The molecule has 0 heterocycles. The Morgan fingerprint density at radius 3 is 2.44 bits per heavy atom. The zero-order chi connectivity index (χ0) is 18.2. The number of halogens is 1. The van der Waals surface area contributed by atoms with Crippen LogP contribution in [-0.4, -0.2) is 39.2 Å². The molecule has 0 saturated heterocycles. The SMILES string of the molecule is COc1ccc(OC)c(C(=O)COC(=O)COc2cccc(Cl)c2)c1. The second-order valence-electron chi connectivity index (χ2n) is 4.90. The summed E-state index contributed by atoms with van der Waals surface area (Å²) in [7, 11) is 2.94. The van der Waals surface area contributed by atoms with Gasteiger partial charge in [0.05, 0.1) is 19.8 Å². The molecule has 0 atom stereocenters. The number of carbonyl (C=O) groups excluding carboxylic acids is 2. The third kappa shape index (κ3) is 5.39. The van der Waals surface area contributed by atoms with Crippen LogP contribution in [-0.2, 0) is 9.53 Å². The van der Waals surface area contributed by atoms with Crippen LogP contribution in [0.1, 0.15) is 10.4 Å². The summed E-state index contributed by atoms with van der Waals surface area (Å²) in [5, 5.41) is 0.492. The van der Waals surface area contributed by atoms with Gasteiger partial charge in [-0.1, -0.05) is 17.7 Å². The summed E-state index contributed by atoms with van der Waals surface area (Å²) in [6.45, 7) is -0.760. The van der Waals surface area contributed by atoms with E-state index in [2.05, 4.69) is 0 Å². The number of esters is 1. The molecule has 132 valence electrons. The maximum absolute atomic E-state index is 12.2. The number of carbonyl (C=O) groups is 2. The zero-order valence-corrected chi connectivity index (χ0v) is 14.5. The van der Waals surface area contributed by atoms with Crippen molar-refractivity contribution in [1.82, 2.24) is 0 Å². The largest absolute Gasteiger partial charge is 0.497 e. The minimum Gasteiger partial charge on any atom is -0.497 e. The van der Waals surface area contributed by atoms with Crippen molar-refractivity contribution in [1.29, 1.82) is 0 Å². The van der Waals surface area contributed by atoms with Crippen LogP contribution in [0.3, 0.4) is 0 Å². The molecule has 7 heteroatoms. The Kier molecular flexibility index (Phi) is 6.65. The van der Waals surface area contributed by atoms with Gasteiger partial charge in [-0.15, -0.1) is 0 Å². The molecule has 0 bridgehead atoms. The number of ether oxygens (including phenoxy) is 4. The number of benzene rings is 2. The van der Waals surface area contributed by atoms with Crippen LogP contribution in [0.5, 0.6) is 17.2 Å². The first-order valence-corrected chi connectivity index (χ1v) is 7.70. The van der Waals surface area contributed by atoms with Crippen LogP contribution < -0.4 is 14.2 Å². The highest BCUT2D eigenvalue weighted by Gasteiger charge is 2.16. The molecule has 0 aliphatic carbocycles. The zero-order valence-electron chi connectivity index (χ0n) is 13.8. The van der Waals surface area contributed by atoms with E-state index in [9.17, 15) is 9.59 Å². The average molecular weight is 365 g/mol. The van der Waals surface area contributed by atoms with E-state index in [4.69, 9.17) is 30.5 Å². The molecule has 0 saturated carbocycles. The average Bonchev–Trinajstić information content (AvgIpc) is 2.63. The van der Waals surface area contributed by atoms with Crippen molar-refractivity contribution in [3.63, 3.8) is 0 Å². The van der Waals surface area contributed by atoms with Gasteiger partial charge in [-0.05, 0) is 36.4 Å². The standard InChI is InChI=1S/C18H17ClO6/c1-22-13-6-7-17(23-2)15(9-13)16(20)10-25-18(21)11-24-14-5-3-4-12(19)8-14/h3-9H,10-11H2,1-2H3. The highest BCUT2D eigenvalue weighted by Crippen LogP contribution is 2.24. The normalized spacial score (nSPS) is 10.0. The molecule has 0 N–H and O–H groups in total. The van der Waals surface area contributed by atoms with Crippen LogP contribution in [0.4, 0.5) is 0 Å². The summed E-state index contributed by atoms with van der Waals surface area (Å²) in [5.74, 6) is 0.226. The van der Waals surface area contributed by atoms with Gasteiger partial charge in [-0.3, -0.25) is 4.79 Å². The van der Waals surface area contributed by atoms with Crippen molar-refractivity contribution < 1.29 is 28.5 Å². The lowest BCUT2D eigenvalue weighted by Crippen LogP contribution is -2.20. The predicted octanol–water partition coefficient (Wildman–Crippen LogP) is 3.16. The number of methoxy groups -OCH3 is 2. The topological polar surface area (TPSA) is 71.1 Å². The van der Waals surface area contributed by atoms with Gasteiger partial charge in [0.15, 0.2) is 13.2 Å². The predicted molar refractivity (Wildman–Crippen MR) is 91.8 cm³/mol. The quantitative estimate of drug-likeness (QED) is 0.529. The second kappa shape index (κ2) is 8.94. The molecule has 0 amide bonds. The third-order valence-corrected chi connectivity index (χ3v) is 3.46. The van der Waals surface area contributed by atoms with Crippen LogP contribution in [0, 0.1) is 0 Å². The summed E-state index contributed by atoms with van der Waals surface area (Å²) in [5.41, 5.74) is 0.269. The first kappa shape index (κ1) is 18.6. The fraction of sp³-hybridized carbons (Fsp3) is 0.222. The monoisotopic (exact) mass is 364 g/mol. The summed E-state index contributed by atoms with van der Waals surface area (Å²) in [4.78, 5) is 24.0. The summed E-state index contributed by atoms with van der Waals surface area (Å²) in [6.07, 6.45) is 0. The van der Waals surface area contributed by atoms with Gasteiger partial charge in [0.25, 0.3) is 0 Å². The van der Waals surface area contributed by atoms with E-state index in [1.54, 1.807) is 36.4 Å². The third-order valence-electron chi connectivity index (χ3n) is 3.22. The molecule has 0 radical (unpaired) electrons. The van der Waals surface area contributed by atoms with E-state index in [1.165, 1.54) is 20.3 Å². The molecule has 2 rings (SSSR count). The minimum atomic E-state index is -0.671. The van der Waals surface area contributed by atoms with E-state index < -0.39 is 18.4 Å². The Bertz CT molecular complexity index is 759. The van der Waals surface area contributed by atoms with Crippen molar-refractivity contribution in [2.45, 2.75) is 0 Å². The first-order valence-electron chi connectivity index (χ1n) is 7.32. The molecule has 2 aromatic carbocycles. The van der Waals surface area contributed by atoms with Crippen LogP contribution in [0.25, 0.3) is 0 Å². The molecule has 0 spiro atoms. The van der Waals surface area contributed by atoms with Gasteiger partial charge in [0.1, 0.15) is 17.2 Å². The number of ketones is 1. The number of rotatable bonds is 8.